The predicted octanol–water partition coefficient (Wildman–Crippen LogP) is -1.43. The van der Waals surface area contributed by atoms with Gasteiger partial charge in [-0.1, -0.05) is 0 Å². The van der Waals surface area contributed by atoms with Crippen LogP contribution >= 0.6 is 0 Å². The SMILES string of the molecule is C1=N[N+]=[N+]N1. The molecule has 0 fully saturated rings. The van der Waals surface area contributed by atoms with E-state index in [4.69, 9.17) is 0 Å². The summed E-state index contributed by atoms with van der Waals surface area (Å²) in [7, 11) is 0. The maximum Gasteiger partial charge on any atom is 0.440 e. The van der Waals surface area contributed by atoms with Gasteiger partial charge in [0.25, 0.3) is 0 Å². The molecule has 1 aliphatic rings. The molecule has 0 unspecified atom stereocenters. The van der Waals surface area contributed by atoms with E-state index in [0.717, 1.165) is 0 Å². The molecule has 0 bridgehead atoms. The van der Waals surface area contributed by atoms with E-state index in [0.29, 0.717) is 0 Å². The third kappa shape index (κ3) is 0.212. The maximum absolute atomic E-state index is 3.31. The Balaban J connectivity index is 2.61. The molecule has 2 radical (unpaired) electrons. The Morgan fingerprint density at radius 2 is 2.80 bits per heavy atom. The van der Waals surface area contributed by atoms with Crippen LogP contribution in [0.1, 0.15) is 0 Å². The van der Waals surface area contributed by atoms with Crippen LogP contribution in [0.25, 0.3) is 0 Å². The lowest BCUT2D eigenvalue weighted by molar-refractivity contribution is 0.755. The van der Waals surface area contributed by atoms with Crippen molar-refractivity contribution < 1.29 is 0 Å². The summed E-state index contributed by atoms with van der Waals surface area (Å²) < 4.78 is 0. The zero-order chi connectivity index (χ0) is 3.54. The van der Waals surface area contributed by atoms with Crippen molar-refractivity contribution in [3.63, 3.8) is 0 Å². The molecule has 4 heteroatoms. The Kier molecular flexibility index (Phi) is 0.368. The molecule has 0 aromatic rings. The fraction of sp³-hybridized carbons (Fsp3) is 0. The first-order valence-electron chi connectivity index (χ1n) is 1.17. The smallest absolute Gasteiger partial charge is 0.00495 e. The van der Waals surface area contributed by atoms with E-state index in [1.165, 1.54) is 6.34 Å². The minimum Gasteiger partial charge on any atom is -0.00495 e. The van der Waals surface area contributed by atoms with Gasteiger partial charge >= 0.3 is 16.8 Å². The zero-order valence-corrected chi connectivity index (χ0v) is 2.42. The highest BCUT2D eigenvalue weighted by molar-refractivity contribution is 5.53. The van der Waals surface area contributed by atoms with E-state index in [1.54, 1.807) is 0 Å². The van der Waals surface area contributed by atoms with Crippen LogP contribution in [-0.4, -0.2) is 6.34 Å². The average molecular weight is 70.1 g/mol. The number of nitrogens with zero attached hydrogens (tertiary/aromatic N) is 3. The van der Waals surface area contributed by atoms with Gasteiger partial charge in [-0.25, -0.2) is 0 Å². The van der Waals surface area contributed by atoms with Crippen molar-refractivity contribution in [1.82, 2.24) is 15.9 Å². The Morgan fingerprint density at radius 3 is 3.00 bits per heavy atom. The van der Waals surface area contributed by atoms with E-state index in [9.17, 15) is 0 Å². The van der Waals surface area contributed by atoms with Crippen LogP contribution in [0.15, 0.2) is 5.10 Å². The van der Waals surface area contributed by atoms with Gasteiger partial charge in [-0.15, -0.1) is 0 Å². The Hall–Kier alpha value is -0.930. The van der Waals surface area contributed by atoms with E-state index >= 15 is 0 Å². The van der Waals surface area contributed by atoms with Crippen molar-refractivity contribution in [3.05, 3.63) is 0 Å². The van der Waals surface area contributed by atoms with Gasteiger partial charge in [-0.05, 0) is 5.43 Å². The zero-order valence-electron chi connectivity index (χ0n) is 2.42. The second-order valence-corrected chi connectivity index (χ2v) is 0.563. The first-order chi connectivity index (χ1) is 2.50. The highest BCUT2D eigenvalue weighted by Crippen LogP contribution is 1.46. The third-order valence-electron chi connectivity index (χ3n) is 0.270. The monoisotopic (exact) mass is 70.0 g/mol. The molecule has 4 nitrogen and oxygen atoms in total. The van der Waals surface area contributed by atoms with Gasteiger partial charge in [0, 0.05) is 0 Å². The number of rotatable bonds is 0. The molecule has 1 rings (SSSR count). The van der Waals surface area contributed by atoms with Crippen molar-refractivity contribution in [2.45, 2.75) is 0 Å². The summed E-state index contributed by atoms with van der Waals surface area (Å²) in [6.45, 7) is 0. The Morgan fingerprint density at radius 1 is 1.80 bits per heavy atom. The topological polar surface area (TPSA) is 52.6 Å². The van der Waals surface area contributed by atoms with Crippen molar-refractivity contribution in [1.29, 1.82) is 0 Å². The number of nitrogens with one attached hydrogen (secondary N) is 1. The molecule has 1 N–H and O–H groups in total. The minimum atomic E-state index is 1.40. The van der Waals surface area contributed by atoms with Crippen molar-refractivity contribution >= 4 is 6.34 Å². The molecule has 0 saturated carbocycles. The van der Waals surface area contributed by atoms with Gasteiger partial charge in [0.2, 0.25) is 5.10 Å². The third-order valence-corrected chi connectivity index (χ3v) is 0.270. The summed E-state index contributed by atoms with van der Waals surface area (Å²) in [5, 5.41) is 9.71. The van der Waals surface area contributed by atoms with Crippen LogP contribution in [0, 0.1) is 0 Å². The fourth-order valence-electron chi connectivity index (χ4n) is 0.129. The van der Waals surface area contributed by atoms with Crippen molar-refractivity contribution in [2.75, 3.05) is 0 Å². The van der Waals surface area contributed by atoms with Crippen LogP contribution in [0.2, 0.25) is 0 Å². The Labute approximate surface area is 28.6 Å². The molecule has 1 heterocycles. The molecule has 0 aromatic heterocycles. The lowest BCUT2D eigenvalue weighted by atomic mass is 11.4. The highest BCUT2D eigenvalue weighted by atomic mass is 15.6. The van der Waals surface area contributed by atoms with E-state index in [1.807, 2.05) is 0 Å². The van der Waals surface area contributed by atoms with E-state index in [-0.39, 0.29) is 0 Å². The van der Waals surface area contributed by atoms with Crippen molar-refractivity contribution in [3.8, 4) is 0 Å². The molecular weight excluding hydrogens is 68.0 g/mol. The largest absolute Gasteiger partial charge is 0.440 e. The van der Waals surface area contributed by atoms with Gasteiger partial charge in [-0.3, -0.25) is 0 Å². The van der Waals surface area contributed by atoms with Crippen LogP contribution in [0.4, 0.5) is 0 Å². The van der Waals surface area contributed by atoms with Crippen LogP contribution in [0.5, 0.6) is 0 Å². The quantitative estimate of drug-likeness (QED) is 0.373. The standard InChI is InChI=1S/CH2N4/c1-2-4-5-3-1/h1H,(H,2,3)/q+2. The normalized spacial score (nSPS) is 16.0. The molecule has 0 aliphatic carbocycles. The Bertz CT molecular complexity index is 61.7. The van der Waals surface area contributed by atoms with Gasteiger partial charge in [0.05, 0.1) is 0 Å². The summed E-state index contributed by atoms with van der Waals surface area (Å²) in [6.07, 6.45) is 1.40. The summed E-state index contributed by atoms with van der Waals surface area (Å²) in [5.41, 5.74) is 2.39. The summed E-state index contributed by atoms with van der Waals surface area (Å²) in [4.78, 5) is 0. The van der Waals surface area contributed by atoms with Gasteiger partial charge in [0.1, 0.15) is 0 Å². The highest BCUT2D eigenvalue weighted by Gasteiger charge is 2.06. The van der Waals surface area contributed by atoms with Crippen LogP contribution < -0.4 is 15.9 Å². The van der Waals surface area contributed by atoms with Crippen LogP contribution in [-0.2, 0) is 0 Å². The molecule has 1 aliphatic heterocycles. The number of hydrogen-bond acceptors (Lipinski definition) is 4. The first kappa shape index (κ1) is 2.32. The van der Waals surface area contributed by atoms with Gasteiger partial charge in [0.15, 0.2) is 0 Å². The summed E-state index contributed by atoms with van der Waals surface area (Å²) in [6, 6.07) is 0. The molecular formula is CH2N4+2. The molecule has 0 saturated heterocycles. The molecule has 5 heavy (non-hydrogen) atoms. The molecule has 0 spiro atoms. The first-order valence-corrected chi connectivity index (χ1v) is 1.17. The lowest BCUT2D eigenvalue weighted by Crippen LogP contribution is -2.06. The summed E-state index contributed by atoms with van der Waals surface area (Å²) in [5.74, 6) is 0. The fourth-order valence-corrected chi connectivity index (χ4v) is 0.129. The van der Waals surface area contributed by atoms with Crippen molar-refractivity contribution in [2.24, 2.45) is 5.10 Å². The molecule has 0 amide bonds. The lowest BCUT2D eigenvalue weighted by Gasteiger charge is -1.32. The van der Waals surface area contributed by atoms with Gasteiger partial charge < -0.3 is 0 Å². The molecule has 0 aromatic carbocycles. The van der Waals surface area contributed by atoms with E-state index < -0.39 is 0 Å². The molecule has 0 atom stereocenters. The average Bonchev–Trinajstić information content (AvgIpc) is 1.76. The van der Waals surface area contributed by atoms with Gasteiger partial charge in [-0.2, -0.15) is 0 Å². The van der Waals surface area contributed by atoms with Crippen LogP contribution in [0.3, 0.4) is 0 Å². The summed E-state index contributed by atoms with van der Waals surface area (Å²) >= 11 is 0. The molecule has 24 valence electrons. The van der Waals surface area contributed by atoms with E-state index in [2.05, 4.69) is 21.0 Å². The second-order valence-electron chi connectivity index (χ2n) is 0.563. The number of hydrogen-bond donors (Lipinski definition) is 1. The predicted molar refractivity (Wildman–Crippen MR) is 15.9 cm³/mol. The second kappa shape index (κ2) is 0.794. The maximum atomic E-state index is 3.31. The minimum absolute atomic E-state index is 1.40.